The topological polar surface area (TPSA) is 39.1 Å². The molecule has 0 spiro atoms. The zero-order valence-corrected chi connectivity index (χ0v) is 15.6. The first kappa shape index (κ1) is 19.3. The average molecular weight is 367 g/mol. The van der Waals surface area contributed by atoms with Gasteiger partial charge in [0.15, 0.2) is 0 Å². The molecule has 27 heavy (non-hydrogen) atoms. The summed E-state index contributed by atoms with van der Waals surface area (Å²) in [4.78, 5) is 0. The fourth-order valence-corrected chi connectivity index (χ4v) is 3.19. The molecule has 142 valence electrons. The van der Waals surface area contributed by atoms with E-state index in [-0.39, 0.29) is 11.9 Å². The van der Waals surface area contributed by atoms with Crippen LogP contribution in [0.25, 0.3) is 0 Å². The molecule has 5 heteroatoms. The number of nitrogens with one attached hydrogen (secondary N) is 1. The lowest BCUT2D eigenvalue weighted by Gasteiger charge is -2.20. The summed E-state index contributed by atoms with van der Waals surface area (Å²) < 4.78 is 20.7. The second kappa shape index (κ2) is 10.00. The lowest BCUT2D eigenvalue weighted by atomic mass is 10.0. The number of benzene rings is 2. The van der Waals surface area contributed by atoms with E-state index in [1.165, 1.54) is 17.2 Å². The highest BCUT2D eigenvalue weighted by Gasteiger charge is 2.11. The van der Waals surface area contributed by atoms with Gasteiger partial charge in [-0.05, 0) is 47.7 Å². The van der Waals surface area contributed by atoms with Crippen LogP contribution in [-0.2, 0) is 24.2 Å². The van der Waals surface area contributed by atoms with Gasteiger partial charge in [-0.1, -0.05) is 36.4 Å². The molecule has 0 aliphatic rings. The van der Waals surface area contributed by atoms with Crippen molar-refractivity contribution < 1.29 is 9.13 Å². The molecule has 0 radical (unpaired) electrons. The molecule has 1 unspecified atom stereocenters. The number of halogens is 1. The third-order valence-corrected chi connectivity index (χ3v) is 4.63. The van der Waals surface area contributed by atoms with Crippen LogP contribution in [0.3, 0.4) is 0 Å². The summed E-state index contributed by atoms with van der Waals surface area (Å²) in [6.45, 7) is 2.17. The number of rotatable bonds is 10. The van der Waals surface area contributed by atoms with E-state index >= 15 is 0 Å². The lowest BCUT2D eigenvalue weighted by molar-refractivity contribution is 0.182. The molecule has 4 nitrogen and oxygen atoms in total. The molecular weight excluding hydrogens is 341 g/mol. The minimum atomic E-state index is -0.192. The van der Waals surface area contributed by atoms with Crippen molar-refractivity contribution in [2.45, 2.75) is 32.0 Å². The highest BCUT2D eigenvalue weighted by molar-refractivity contribution is 5.27. The van der Waals surface area contributed by atoms with Gasteiger partial charge in [0.1, 0.15) is 5.82 Å². The zero-order valence-electron chi connectivity index (χ0n) is 15.6. The Hall–Kier alpha value is -2.50. The lowest BCUT2D eigenvalue weighted by Crippen LogP contribution is -2.32. The Morgan fingerprint density at radius 2 is 1.96 bits per heavy atom. The monoisotopic (exact) mass is 367 g/mol. The summed E-state index contributed by atoms with van der Waals surface area (Å²) >= 11 is 0. The van der Waals surface area contributed by atoms with Gasteiger partial charge >= 0.3 is 0 Å². The molecule has 1 aromatic heterocycles. The maximum Gasteiger partial charge on any atom is 0.123 e. The van der Waals surface area contributed by atoms with Crippen molar-refractivity contribution in [3.63, 3.8) is 0 Å². The van der Waals surface area contributed by atoms with Gasteiger partial charge < -0.3 is 10.1 Å². The van der Waals surface area contributed by atoms with Crippen molar-refractivity contribution in [3.8, 4) is 0 Å². The molecule has 0 saturated heterocycles. The van der Waals surface area contributed by atoms with Gasteiger partial charge in [-0.15, -0.1) is 0 Å². The molecule has 0 fully saturated rings. The first-order valence-electron chi connectivity index (χ1n) is 9.25. The molecule has 0 aliphatic heterocycles. The van der Waals surface area contributed by atoms with Gasteiger partial charge in [-0.25, -0.2) is 4.39 Å². The van der Waals surface area contributed by atoms with Crippen LogP contribution >= 0.6 is 0 Å². The summed E-state index contributed by atoms with van der Waals surface area (Å²) in [5.41, 5.74) is 3.48. The van der Waals surface area contributed by atoms with Gasteiger partial charge in [-0.3, -0.25) is 4.68 Å². The van der Waals surface area contributed by atoms with E-state index in [0.717, 1.165) is 31.5 Å². The number of aromatic nitrogens is 2. The first-order valence-corrected chi connectivity index (χ1v) is 9.25. The van der Waals surface area contributed by atoms with Crippen LogP contribution in [0.4, 0.5) is 4.39 Å². The molecule has 2 aromatic carbocycles. The van der Waals surface area contributed by atoms with Crippen LogP contribution in [0.5, 0.6) is 0 Å². The van der Waals surface area contributed by atoms with Gasteiger partial charge in [0, 0.05) is 38.7 Å². The smallest absolute Gasteiger partial charge is 0.123 e. The second-order valence-electron chi connectivity index (χ2n) is 6.67. The summed E-state index contributed by atoms with van der Waals surface area (Å²) in [6.07, 6.45) is 5.40. The van der Waals surface area contributed by atoms with Gasteiger partial charge in [0.05, 0.1) is 6.54 Å². The van der Waals surface area contributed by atoms with Gasteiger partial charge in [0.25, 0.3) is 0 Å². The molecule has 1 heterocycles. The molecule has 3 aromatic rings. The number of hydrogen-bond donors (Lipinski definition) is 1. The second-order valence-corrected chi connectivity index (χ2v) is 6.67. The fourth-order valence-electron chi connectivity index (χ4n) is 3.19. The Morgan fingerprint density at radius 3 is 2.70 bits per heavy atom. The van der Waals surface area contributed by atoms with Gasteiger partial charge in [0.2, 0.25) is 0 Å². The minimum Gasteiger partial charge on any atom is -0.385 e. The summed E-state index contributed by atoms with van der Waals surface area (Å²) in [5.74, 6) is -0.192. The van der Waals surface area contributed by atoms with Crippen LogP contribution < -0.4 is 5.32 Å². The van der Waals surface area contributed by atoms with Crippen LogP contribution in [0, 0.1) is 5.82 Å². The number of ether oxygens (including phenoxy) is 1. The predicted molar refractivity (Wildman–Crippen MR) is 105 cm³/mol. The van der Waals surface area contributed by atoms with E-state index in [1.807, 2.05) is 23.0 Å². The van der Waals surface area contributed by atoms with E-state index in [9.17, 15) is 4.39 Å². The molecule has 0 saturated carbocycles. The summed E-state index contributed by atoms with van der Waals surface area (Å²) in [6, 6.07) is 17.3. The van der Waals surface area contributed by atoms with E-state index in [1.54, 1.807) is 25.4 Å². The van der Waals surface area contributed by atoms with Crippen LogP contribution in [0.2, 0.25) is 0 Å². The van der Waals surface area contributed by atoms with Crippen molar-refractivity contribution in [3.05, 3.63) is 89.5 Å². The molecule has 3 rings (SSSR count). The largest absolute Gasteiger partial charge is 0.385 e. The predicted octanol–water partition coefficient (Wildman–Crippen LogP) is 3.81. The molecule has 0 bridgehead atoms. The molecule has 0 aliphatic carbocycles. The Labute approximate surface area is 160 Å². The third-order valence-electron chi connectivity index (χ3n) is 4.63. The van der Waals surface area contributed by atoms with E-state index in [2.05, 4.69) is 34.7 Å². The molecule has 0 amide bonds. The maximum atomic E-state index is 13.5. The van der Waals surface area contributed by atoms with Crippen LogP contribution in [0.15, 0.2) is 67.0 Å². The Kier molecular flexibility index (Phi) is 7.13. The highest BCUT2D eigenvalue weighted by atomic mass is 19.1. The normalized spacial score (nSPS) is 12.2. The average Bonchev–Trinajstić information content (AvgIpc) is 3.18. The van der Waals surface area contributed by atoms with Crippen LogP contribution in [0.1, 0.15) is 23.1 Å². The quantitative estimate of drug-likeness (QED) is 0.592. The SMILES string of the molecule is COCCC(Cc1cccc(F)c1)NCc1ccccc1Cn1cccn1. The van der Waals surface area contributed by atoms with Crippen LogP contribution in [-0.4, -0.2) is 29.5 Å². The molecule has 1 N–H and O–H groups in total. The van der Waals surface area contributed by atoms with Crippen molar-refractivity contribution in [1.82, 2.24) is 15.1 Å². The van der Waals surface area contributed by atoms with E-state index in [0.29, 0.717) is 6.61 Å². The first-order chi connectivity index (χ1) is 13.2. The molecule has 1 atom stereocenters. The zero-order chi connectivity index (χ0) is 18.9. The Balaban J connectivity index is 1.66. The number of nitrogens with zero attached hydrogens (tertiary/aromatic N) is 2. The van der Waals surface area contributed by atoms with E-state index in [4.69, 9.17) is 4.74 Å². The van der Waals surface area contributed by atoms with E-state index < -0.39 is 0 Å². The highest BCUT2D eigenvalue weighted by Crippen LogP contribution is 2.13. The Morgan fingerprint density at radius 1 is 1.11 bits per heavy atom. The number of methoxy groups -OCH3 is 1. The fraction of sp³-hybridized carbons (Fsp3) is 0.318. The third kappa shape index (κ3) is 6.01. The van der Waals surface area contributed by atoms with Crippen molar-refractivity contribution in [1.29, 1.82) is 0 Å². The van der Waals surface area contributed by atoms with Crippen molar-refractivity contribution in [2.75, 3.05) is 13.7 Å². The molecular formula is C22H26FN3O. The van der Waals surface area contributed by atoms with Gasteiger partial charge in [-0.2, -0.15) is 5.10 Å². The van der Waals surface area contributed by atoms with Crippen molar-refractivity contribution in [2.24, 2.45) is 0 Å². The number of hydrogen-bond acceptors (Lipinski definition) is 3. The maximum absolute atomic E-state index is 13.5. The Bertz CT molecular complexity index is 820. The minimum absolute atomic E-state index is 0.192. The summed E-state index contributed by atoms with van der Waals surface area (Å²) in [7, 11) is 1.71. The van der Waals surface area contributed by atoms with Crippen molar-refractivity contribution >= 4 is 0 Å². The standard InChI is InChI=1S/C22H26FN3O/c1-27-13-10-22(15-18-6-4-9-21(23)14-18)24-16-19-7-2-3-8-20(19)17-26-12-5-11-25-26/h2-9,11-12,14,22,24H,10,13,15-17H2,1H3. The summed E-state index contributed by atoms with van der Waals surface area (Å²) in [5, 5.41) is 7.92.